The van der Waals surface area contributed by atoms with Gasteiger partial charge in [-0.15, -0.1) is 11.6 Å². The maximum Gasteiger partial charge on any atom is 0.228 e. The quantitative estimate of drug-likeness (QED) is 0.780. The lowest BCUT2D eigenvalue weighted by Crippen LogP contribution is -2.31. The molecule has 0 bridgehead atoms. The molecule has 98 valence electrons. The highest BCUT2D eigenvalue weighted by Crippen LogP contribution is 2.15. The van der Waals surface area contributed by atoms with Crippen LogP contribution in [0.2, 0.25) is 0 Å². The van der Waals surface area contributed by atoms with Gasteiger partial charge in [-0.1, -0.05) is 13.0 Å². The maximum absolute atomic E-state index is 13.6. The van der Waals surface area contributed by atoms with E-state index in [1.165, 1.54) is 12.1 Å². The predicted molar refractivity (Wildman–Crippen MR) is 66.8 cm³/mol. The van der Waals surface area contributed by atoms with E-state index in [2.05, 4.69) is 0 Å². The SMILES string of the molecule is CCN(Cc1ccc(C#N)cc1F)S(=O)(=O)CCl. The first-order valence-electron chi connectivity index (χ1n) is 5.17. The molecule has 18 heavy (non-hydrogen) atoms. The molecule has 0 radical (unpaired) electrons. The van der Waals surface area contributed by atoms with Crippen LogP contribution in [0.15, 0.2) is 18.2 Å². The van der Waals surface area contributed by atoms with E-state index in [4.69, 9.17) is 16.9 Å². The summed E-state index contributed by atoms with van der Waals surface area (Å²) >= 11 is 5.35. The van der Waals surface area contributed by atoms with Gasteiger partial charge < -0.3 is 0 Å². The Morgan fingerprint density at radius 3 is 2.61 bits per heavy atom. The third-order valence-electron chi connectivity index (χ3n) is 2.41. The summed E-state index contributed by atoms with van der Waals surface area (Å²) in [5.74, 6) is -0.600. The van der Waals surface area contributed by atoms with Crippen LogP contribution in [-0.2, 0) is 16.6 Å². The van der Waals surface area contributed by atoms with Crippen LogP contribution >= 0.6 is 11.6 Å². The summed E-state index contributed by atoms with van der Waals surface area (Å²) in [6.07, 6.45) is 0. The first-order valence-corrected chi connectivity index (χ1v) is 7.31. The Labute approximate surface area is 111 Å². The number of rotatable bonds is 5. The average Bonchev–Trinajstić information content (AvgIpc) is 2.36. The first kappa shape index (κ1) is 14.9. The lowest BCUT2D eigenvalue weighted by molar-refractivity contribution is 0.418. The average molecular weight is 291 g/mol. The van der Waals surface area contributed by atoms with Gasteiger partial charge in [0.15, 0.2) is 0 Å². The largest absolute Gasteiger partial charge is 0.228 e. The molecule has 4 nitrogen and oxygen atoms in total. The van der Waals surface area contributed by atoms with Crippen molar-refractivity contribution in [1.29, 1.82) is 5.26 Å². The zero-order valence-electron chi connectivity index (χ0n) is 9.73. The standard InChI is InChI=1S/C11H12ClFN2O2S/c1-2-15(18(16,17)8-12)7-10-4-3-9(6-14)5-11(10)13/h3-5H,2,7-8H2,1H3. The number of benzene rings is 1. The molecule has 1 aromatic carbocycles. The van der Waals surface area contributed by atoms with E-state index < -0.39 is 21.1 Å². The molecule has 0 saturated carbocycles. The third kappa shape index (κ3) is 3.42. The van der Waals surface area contributed by atoms with Crippen LogP contribution in [0.4, 0.5) is 4.39 Å². The number of nitrogens with zero attached hydrogens (tertiary/aromatic N) is 2. The fourth-order valence-electron chi connectivity index (χ4n) is 1.41. The van der Waals surface area contributed by atoms with E-state index in [-0.39, 0.29) is 24.2 Å². The second-order valence-electron chi connectivity index (χ2n) is 3.57. The monoisotopic (exact) mass is 290 g/mol. The Hall–Kier alpha value is -1.16. The van der Waals surface area contributed by atoms with E-state index in [9.17, 15) is 12.8 Å². The summed E-state index contributed by atoms with van der Waals surface area (Å²) in [5, 5.41) is 8.06. The fourth-order valence-corrected chi connectivity index (χ4v) is 2.69. The summed E-state index contributed by atoms with van der Waals surface area (Å²) in [5.41, 5.74) is 0.407. The Balaban J connectivity index is 3.00. The van der Waals surface area contributed by atoms with Crippen LogP contribution in [0.5, 0.6) is 0 Å². The first-order chi connectivity index (χ1) is 8.44. The van der Waals surface area contributed by atoms with Crippen LogP contribution in [0.25, 0.3) is 0 Å². The van der Waals surface area contributed by atoms with E-state index >= 15 is 0 Å². The van der Waals surface area contributed by atoms with Gasteiger partial charge in [-0.3, -0.25) is 0 Å². The Morgan fingerprint density at radius 2 is 2.17 bits per heavy atom. The molecule has 0 fully saturated rings. The Morgan fingerprint density at radius 1 is 1.50 bits per heavy atom. The summed E-state index contributed by atoms with van der Waals surface area (Å²) in [4.78, 5) is 0. The second-order valence-corrected chi connectivity index (χ2v) is 6.12. The summed E-state index contributed by atoms with van der Waals surface area (Å²) in [6.45, 7) is 1.75. The molecule has 0 spiro atoms. The topological polar surface area (TPSA) is 61.2 Å². The van der Waals surface area contributed by atoms with Crippen molar-refractivity contribution < 1.29 is 12.8 Å². The van der Waals surface area contributed by atoms with Crippen molar-refractivity contribution in [2.45, 2.75) is 13.5 Å². The zero-order valence-corrected chi connectivity index (χ0v) is 11.3. The number of hydrogen-bond donors (Lipinski definition) is 0. The molecular formula is C11H12ClFN2O2S. The molecular weight excluding hydrogens is 279 g/mol. The molecule has 0 aliphatic heterocycles. The van der Waals surface area contributed by atoms with Crippen molar-refractivity contribution >= 4 is 21.6 Å². The highest BCUT2D eigenvalue weighted by atomic mass is 35.5. The number of nitriles is 1. The second kappa shape index (κ2) is 6.14. The summed E-state index contributed by atoms with van der Waals surface area (Å²) in [6, 6.07) is 5.74. The lowest BCUT2D eigenvalue weighted by atomic mass is 10.1. The zero-order chi connectivity index (χ0) is 13.8. The molecule has 0 aliphatic rings. The maximum atomic E-state index is 13.6. The van der Waals surface area contributed by atoms with Gasteiger partial charge in [0.25, 0.3) is 0 Å². The van der Waals surface area contributed by atoms with Crippen LogP contribution < -0.4 is 0 Å². The normalized spacial score (nSPS) is 11.5. The van der Waals surface area contributed by atoms with E-state index in [1.54, 1.807) is 6.92 Å². The van der Waals surface area contributed by atoms with Crippen LogP contribution in [0, 0.1) is 17.1 Å². The van der Waals surface area contributed by atoms with Gasteiger partial charge in [-0.05, 0) is 12.1 Å². The molecule has 0 N–H and O–H groups in total. The third-order valence-corrected chi connectivity index (χ3v) is 4.69. The van der Waals surface area contributed by atoms with E-state index in [0.717, 1.165) is 10.4 Å². The molecule has 7 heteroatoms. The minimum atomic E-state index is -3.57. The smallest absolute Gasteiger partial charge is 0.211 e. The van der Waals surface area contributed by atoms with Crippen molar-refractivity contribution in [2.75, 3.05) is 11.8 Å². The highest BCUT2D eigenvalue weighted by Gasteiger charge is 2.20. The minimum absolute atomic E-state index is 0.0942. The molecule has 0 atom stereocenters. The van der Waals surface area contributed by atoms with Gasteiger partial charge in [0.1, 0.15) is 11.0 Å². The predicted octanol–water partition coefficient (Wildman–Crippen LogP) is 2.05. The van der Waals surface area contributed by atoms with E-state index in [1.807, 2.05) is 6.07 Å². The van der Waals surface area contributed by atoms with Gasteiger partial charge in [0.2, 0.25) is 10.0 Å². The summed E-state index contributed by atoms with van der Waals surface area (Å²) < 4.78 is 37.9. The van der Waals surface area contributed by atoms with Crippen LogP contribution in [-0.4, -0.2) is 24.5 Å². The number of sulfonamides is 1. The molecule has 0 aliphatic carbocycles. The van der Waals surface area contributed by atoms with Crippen molar-refractivity contribution in [1.82, 2.24) is 4.31 Å². The minimum Gasteiger partial charge on any atom is -0.211 e. The van der Waals surface area contributed by atoms with Crippen molar-refractivity contribution in [3.8, 4) is 6.07 Å². The molecule has 1 aromatic rings. The molecule has 0 heterocycles. The van der Waals surface area contributed by atoms with Crippen molar-refractivity contribution in [3.05, 3.63) is 35.1 Å². The van der Waals surface area contributed by atoms with Crippen LogP contribution in [0.1, 0.15) is 18.1 Å². The van der Waals surface area contributed by atoms with Gasteiger partial charge in [0, 0.05) is 18.7 Å². The Bertz CT molecular complexity index is 569. The molecule has 1 rings (SSSR count). The van der Waals surface area contributed by atoms with Crippen molar-refractivity contribution in [3.63, 3.8) is 0 Å². The van der Waals surface area contributed by atoms with Gasteiger partial charge in [-0.2, -0.15) is 9.57 Å². The van der Waals surface area contributed by atoms with Gasteiger partial charge in [0.05, 0.1) is 11.6 Å². The van der Waals surface area contributed by atoms with Crippen LogP contribution in [0.3, 0.4) is 0 Å². The molecule has 0 unspecified atom stereocenters. The molecule has 0 aromatic heterocycles. The highest BCUT2D eigenvalue weighted by molar-refractivity contribution is 7.90. The van der Waals surface area contributed by atoms with E-state index in [0.29, 0.717) is 0 Å². The number of alkyl halides is 1. The molecule has 0 amide bonds. The molecule has 0 saturated heterocycles. The number of halogens is 2. The summed E-state index contributed by atoms with van der Waals surface area (Å²) in [7, 11) is -3.57. The Kier molecular flexibility index (Phi) is 5.08. The van der Waals surface area contributed by atoms with Gasteiger partial charge >= 0.3 is 0 Å². The van der Waals surface area contributed by atoms with Gasteiger partial charge in [-0.25, -0.2) is 12.8 Å². The number of hydrogen-bond acceptors (Lipinski definition) is 3. The lowest BCUT2D eigenvalue weighted by Gasteiger charge is -2.19. The fraction of sp³-hybridized carbons (Fsp3) is 0.364. The van der Waals surface area contributed by atoms with Crippen molar-refractivity contribution in [2.24, 2.45) is 0 Å².